The van der Waals surface area contributed by atoms with E-state index < -0.39 is 0 Å². The Morgan fingerprint density at radius 2 is 0.661 bits per heavy atom. The molecule has 0 rings (SSSR count). The highest BCUT2D eigenvalue weighted by atomic mass is 16.5. The van der Waals surface area contributed by atoms with Crippen molar-refractivity contribution in [2.75, 3.05) is 39.5 Å². The first kappa shape index (κ1) is 54.9. The molecule has 0 saturated carbocycles. The summed E-state index contributed by atoms with van der Waals surface area (Å²) in [6.45, 7) is 14.1. The van der Waals surface area contributed by atoms with Crippen molar-refractivity contribution in [1.82, 2.24) is 4.90 Å². The molecule has 0 aromatic heterocycles. The summed E-state index contributed by atoms with van der Waals surface area (Å²) in [4.78, 5) is 28.2. The molecule has 0 aliphatic heterocycles. The number of hydrogen-bond donors (Lipinski definition) is 1. The van der Waals surface area contributed by atoms with Crippen LogP contribution in [0.3, 0.4) is 0 Å². The molecule has 0 aliphatic rings. The third-order valence-electron chi connectivity index (χ3n) is 11.9. The molecule has 0 saturated heterocycles. The third-order valence-corrected chi connectivity index (χ3v) is 11.9. The zero-order valence-corrected chi connectivity index (χ0v) is 38.4. The van der Waals surface area contributed by atoms with Gasteiger partial charge in [0.05, 0.1) is 25.0 Å². The highest BCUT2D eigenvalue weighted by Gasteiger charge is 2.20. The second-order valence-corrected chi connectivity index (χ2v) is 17.3. The Bertz CT molecular complexity index is 750. The quantitative estimate of drug-likeness (QED) is 0.0489. The number of esters is 2. The van der Waals surface area contributed by atoms with Crippen LogP contribution in [0.4, 0.5) is 0 Å². The van der Waals surface area contributed by atoms with Crippen LogP contribution < -0.4 is 0 Å². The van der Waals surface area contributed by atoms with E-state index in [2.05, 4.69) is 32.6 Å². The molecule has 0 aromatic carbocycles. The van der Waals surface area contributed by atoms with Crippen LogP contribution in [0.15, 0.2) is 0 Å². The van der Waals surface area contributed by atoms with Gasteiger partial charge in [-0.1, -0.05) is 195 Å². The van der Waals surface area contributed by atoms with Gasteiger partial charge >= 0.3 is 11.9 Å². The largest absolute Gasteiger partial charge is 0.465 e. The van der Waals surface area contributed by atoms with Gasteiger partial charge in [-0.15, -0.1) is 0 Å². The number of aliphatic hydroxyl groups is 1. The van der Waals surface area contributed by atoms with Crippen LogP contribution in [0.2, 0.25) is 0 Å². The molecule has 334 valence electrons. The van der Waals surface area contributed by atoms with Gasteiger partial charge in [-0.2, -0.15) is 0 Å². The van der Waals surface area contributed by atoms with E-state index >= 15 is 0 Å². The fraction of sp³-hybridized carbons (Fsp3) is 0.960. The predicted octanol–water partition coefficient (Wildman–Crippen LogP) is 14.7. The van der Waals surface area contributed by atoms with E-state index in [9.17, 15) is 9.59 Å². The molecule has 0 aromatic rings. The van der Waals surface area contributed by atoms with Gasteiger partial charge in [0.2, 0.25) is 0 Å². The van der Waals surface area contributed by atoms with E-state index in [0.29, 0.717) is 19.8 Å². The van der Waals surface area contributed by atoms with Gasteiger partial charge in [-0.05, 0) is 83.8 Å². The lowest BCUT2D eigenvalue weighted by Crippen LogP contribution is -2.27. The van der Waals surface area contributed by atoms with Crippen LogP contribution in [-0.4, -0.2) is 61.4 Å². The van der Waals surface area contributed by atoms with Gasteiger partial charge in [-0.25, -0.2) is 0 Å². The van der Waals surface area contributed by atoms with Crippen molar-refractivity contribution in [3.05, 3.63) is 0 Å². The van der Waals surface area contributed by atoms with Crippen molar-refractivity contribution in [2.45, 2.75) is 259 Å². The molecule has 1 N–H and O–H groups in total. The monoisotopic (exact) mass is 794 g/mol. The van der Waals surface area contributed by atoms with Crippen molar-refractivity contribution in [1.29, 1.82) is 0 Å². The fourth-order valence-corrected chi connectivity index (χ4v) is 8.01. The molecule has 56 heavy (non-hydrogen) atoms. The molecule has 0 fully saturated rings. The first-order chi connectivity index (χ1) is 27.5. The molecule has 0 aliphatic carbocycles. The van der Waals surface area contributed by atoms with E-state index in [0.717, 1.165) is 89.9 Å². The third kappa shape index (κ3) is 37.2. The first-order valence-corrected chi connectivity index (χ1v) is 25.2. The molecule has 2 unspecified atom stereocenters. The number of carbonyl (C=O) groups excluding carboxylic acids is 2. The average molecular weight is 794 g/mol. The summed E-state index contributed by atoms with van der Waals surface area (Å²) in [5, 5.41) is 9.05. The lowest BCUT2D eigenvalue weighted by molar-refractivity contribution is -0.150. The number of nitrogens with zero attached hydrogens (tertiary/aromatic N) is 1. The van der Waals surface area contributed by atoms with Crippen molar-refractivity contribution in [2.24, 2.45) is 11.8 Å². The molecular weight excluding hydrogens is 695 g/mol. The second kappa shape index (κ2) is 45.0. The van der Waals surface area contributed by atoms with E-state index in [1.165, 1.54) is 161 Å². The van der Waals surface area contributed by atoms with Gasteiger partial charge in [0.25, 0.3) is 0 Å². The number of carbonyl (C=O) groups is 2. The Balaban J connectivity index is 4.21. The summed E-state index contributed by atoms with van der Waals surface area (Å²) in [5.41, 5.74) is 0. The van der Waals surface area contributed by atoms with Gasteiger partial charge in [0, 0.05) is 6.61 Å². The Labute approximate surface area is 350 Å². The van der Waals surface area contributed by atoms with Crippen LogP contribution in [0, 0.1) is 11.8 Å². The summed E-state index contributed by atoms with van der Waals surface area (Å²) in [7, 11) is 0. The van der Waals surface area contributed by atoms with Gasteiger partial charge in [0.1, 0.15) is 0 Å². The zero-order valence-electron chi connectivity index (χ0n) is 38.4. The number of hydrogen-bond acceptors (Lipinski definition) is 6. The summed E-state index contributed by atoms with van der Waals surface area (Å²) >= 11 is 0. The maximum atomic E-state index is 12.7. The van der Waals surface area contributed by atoms with Crippen molar-refractivity contribution >= 4 is 11.9 Å². The summed E-state index contributed by atoms with van der Waals surface area (Å²) in [6, 6.07) is 0. The lowest BCUT2D eigenvalue weighted by Gasteiger charge is -2.22. The lowest BCUT2D eigenvalue weighted by atomic mass is 9.95. The summed E-state index contributed by atoms with van der Waals surface area (Å²) in [6.07, 6.45) is 42.9. The fourth-order valence-electron chi connectivity index (χ4n) is 8.01. The topological polar surface area (TPSA) is 76.1 Å². The molecule has 6 nitrogen and oxygen atoms in total. The van der Waals surface area contributed by atoms with Gasteiger partial charge in [0.15, 0.2) is 0 Å². The van der Waals surface area contributed by atoms with Crippen LogP contribution >= 0.6 is 0 Å². The van der Waals surface area contributed by atoms with Crippen LogP contribution in [0.25, 0.3) is 0 Å². The minimum absolute atomic E-state index is 0.0617. The van der Waals surface area contributed by atoms with Crippen molar-refractivity contribution in [3.63, 3.8) is 0 Å². The van der Waals surface area contributed by atoms with Crippen LogP contribution in [0.1, 0.15) is 259 Å². The van der Waals surface area contributed by atoms with E-state index in [-0.39, 0.29) is 23.8 Å². The smallest absolute Gasteiger partial charge is 0.308 e. The molecule has 2 atom stereocenters. The molecule has 0 amide bonds. The van der Waals surface area contributed by atoms with Gasteiger partial charge in [-0.3, -0.25) is 9.59 Å². The Kier molecular flexibility index (Phi) is 44.0. The maximum Gasteiger partial charge on any atom is 0.308 e. The van der Waals surface area contributed by atoms with Crippen LogP contribution in [-0.2, 0) is 19.1 Å². The van der Waals surface area contributed by atoms with Crippen molar-refractivity contribution in [3.8, 4) is 0 Å². The number of unbranched alkanes of at least 4 members (excludes halogenated alkanes) is 25. The zero-order chi connectivity index (χ0) is 41.0. The Morgan fingerprint density at radius 3 is 1.00 bits per heavy atom. The standard InChI is InChI=1S/C50H99NO5/c1-5-9-13-29-39-47(37-11-7-3)49(53)55-45-35-27-21-15-17-23-31-41-51(43-33-25-19-20-26-34-44-52)42-32-24-18-16-22-28-36-46-56-50(54)48(38-12-8-4)40-30-14-10-6-2/h47-48,52H,5-46H2,1-4H3. The molecule has 0 bridgehead atoms. The maximum absolute atomic E-state index is 12.7. The number of rotatable bonds is 46. The van der Waals surface area contributed by atoms with Gasteiger partial charge < -0.3 is 19.5 Å². The highest BCUT2D eigenvalue weighted by Crippen LogP contribution is 2.21. The molecule has 0 spiro atoms. The Hall–Kier alpha value is -1.14. The number of aliphatic hydroxyl groups excluding tert-OH is 1. The van der Waals surface area contributed by atoms with Crippen LogP contribution in [0.5, 0.6) is 0 Å². The molecule has 0 heterocycles. The highest BCUT2D eigenvalue weighted by molar-refractivity contribution is 5.72. The van der Waals surface area contributed by atoms with E-state index in [1.54, 1.807) is 0 Å². The SMILES string of the molecule is CCCCCCC(CCCC)C(=O)OCCCCCCCCCN(CCCCCCCCO)CCCCCCCCCOC(=O)C(CCCC)CCCCCC. The normalized spacial score (nSPS) is 12.7. The minimum atomic E-state index is 0.0617. The van der Waals surface area contributed by atoms with E-state index in [1.807, 2.05) is 0 Å². The molecular formula is C50H99NO5. The first-order valence-electron chi connectivity index (χ1n) is 25.2. The Morgan fingerprint density at radius 1 is 0.375 bits per heavy atom. The number of ether oxygens (including phenoxy) is 2. The molecule has 0 radical (unpaired) electrons. The summed E-state index contributed by atoms with van der Waals surface area (Å²) < 4.78 is 11.5. The second-order valence-electron chi connectivity index (χ2n) is 17.3. The molecule has 6 heteroatoms. The summed E-state index contributed by atoms with van der Waals surface area (Å²) in [5.74, 6) is 0.349. The predicted molar refractivity (Wildman–Crippen MR) is 241 cm³/mol. The van der Waals surface area contributed by atoms with E-state index in [4.69, 9.17) is 14.6 Å². The minimum Gasteiger partial charge on any atom is -0.465 e. The average Bonchev–Trinajstić information content (AvgIpc) is 3.20. The van der Waals surface area contributed by atoms with Crippen molar-refractivity contribution < 1.29 is 24.2 Å².